The molecule has 1 heterocycles. The van der Waals surface area contributed by atoms with Gasteiger partial charge in [0.1, 0.15) is 11.4 Å². The molecule has 0 saturated carbocycles. The molecule has 0 atom stereocenters. The highest BCUT2D eigenvalue weighted by atomic mass is 16.6. The van der Waals surface area contributed by atoms with Crippen LogP contribution in [0.5, 0.6) is 5.75 Å². The molecular weight excluding hydrogens is 336 g/mol. The van der Waals surface area contributed by atoms with Gasteiger partial charge < -0.3 is 24.0 Å². The predicted octanol–water partition coefficient (Wildman–Crippen LogP) is 2.69. The first-order chi connectivity index (χ1) is 12.3. The summed E-state index contributed by atoms with van der Waals surface area (Å²) in [5.41, 5.74) is 0.575. The maximum absolute atomic E-state index is 12.1. The van der Waals surface area contributed by atoms with Crippen molar-refractivity contribution < 1.29 is 23.8 Å². The van der Waals surface area contributed by atoms with Crippen molar-refractivity contribution in [3.8, 4) is 5.75 Å². The molecule has 1 amide bonds. The number of carbonyl (C=O) groups is 2. The normalized spacial score (nSPS) is 14.8. The van der Waals surface area contributed by atoms with Gasteiger partial charge in [0.15, 0.2) is 6.61 Å². The summed E-state index contributed by atoms with van der Waals surface area (Å²) in [6, 6.07) is 7.55. The molecule has 144 valence electrons. The first-order valence-corrected chi connectivity index (χ1v) is 8.90. The minimum absolute atomic E-state index is 0.0955. The third-order valence-electron chi connectivity index (χ3n) is 3.80. The summed E-state index contributed by atoms with van der Waals surface area (Å²) < 4.78 is 15.6. The Labute approximate surface area is 154 Å². The predicted molar refractivity (Wildman–Crippen MR) is 98.6 cm³/mol. The Balaban J connectivity index is 1.82. The topological polar surface area (TPSA) is 68.3 Å². The number of piperazine rings is 1. The fraction of sp³-hybridized carbons (Fsp3) is 0.579. The number of carbonyl (C=O) groups excluding carboxylic acids is 2. The minimum Gasteiger partial charge on any atom is -0.482 e. The molecule has 0 aromatic heterocycles. The van der Waals surface area contributed by atoms with Crippen LogP contribution in [0.1, 0.15) is 27.7 Å². The quantitative estimate of drug-likeness (QED) is 0.749. The van der Waals surface area contributed by atoms with Crippen LogP contribution in [0, 0.1) is 0 Å². The third-order valence-corrected chi connectivity index (χ3v) is 3.80. The molecular formula is C19H28N2O5. The Morgan fingerprint density at radius 2 is 1.65 bits per heavy atom. The zero-order chi connectivity index (χ0) is 19.2. The average Bonchev–Trinajstić information content (AvgIpc) is 2.59. The van der Waals surface area contributed by atoms with Crippen LogP contribution in [-0.4, -0.2) is 62.0 Å². The summed E-state index contributed by atoms with van der Waals surface area (Å²) in [7, 11) is 0. The molecule has 7 heteroatoms. The fourth-order valence-corrected chi connectivity index (χ4v) is 2.57. The van der Waals surface area contributed by atoms with Crippen molar-refractivity contribution >= 4 is 17.7 Å². The molecule has 7 nitrogen and oxygen atoms in total. The smallest absolute Gasteiger partial charge is 0.410 e. The lowest BCUT2D eigenvalue weighted by Crippen LogP contribution is -2.50. The van der Waals surface area contributed by atoms with E-state index >= 15 is 0 Å². The van der Waals surface area contributed by atoms with Crippen molar-refractivity contribution in [2.75, 3.05) is 44.3 Å². The number of rotatable bonds is 5. The van der Waals surface area contributed by atoms with E-state index in [1.807, 2.05) is 45.0 Å². The molecule has 0 N–H and O–H groups in total. The first-order valence-electron chi connectivity index (χ1n) is 8.90. The molecule has 0 bridgehead atoms. The molecule has 0 radical (unpaired) electrons. The van der Waals surface area contributed by atoms with E-state index in [0.717, 1.165) is 18.8 Å². The van der Waals surface area contributed by atoms with Gasteiger partial charge in [-0.3, -0.25) is 0 Å². The van der Waals surface area contributed by atoms with Crippen LogP contribution in [0.25, 0.3) is 0 Å². The van der Waals surface area contributed by atoms with Gasteiger partial charge in [0.25, 0.3) is 0 Å². The minimum atomic E-state index is -0.479. The van der Waals surface area contributed by atoms with Crippen molar-refractivity contribution in [1.82, 2.24) is 4.90 Å². The fourth-order valence-electron chi connectivity index (χ4n) is 2.57. The van der Waals surface area contributed by atoms with Crippen molar-refractivity contribution in [1.29, 1.82) is 0 Å². The van der Waals surface area contributed by atoms with E-state index in [-0.39, 0.29) is 18.7 Å². The standard InChI is InChI=1S/C19H28N2O5/c1-5-24-17(22)14-25-16-8-6-15(7-9-16)20-10-12-21(13-11-20)18(23)26-19(2,3)4/h6-9H,5,10-14H2,1-4H3. The highest BCUT2D eigenvalue weighted by Crippen LogP contribution is 2.21. The zero-order valence-electron chi connectivity index (χ0n) is 16.0. The number of nitrogens with zero attached hydrogens (tertiary/aromatic N) is 2. The van der Waals surface area contributed by atoms with E-state index in [0.29, 0.717) is 25.4 Å². The molecule has 2 rings (SSSR count). The maximum Gasteiger partial charge on any atom is 0.410 e. The molecule has 26 heavy (non-hydrogen) atoms. The number of hydrogen-bond donors (Lipinski definition) is 0. The van der Waals surface area contributed by atoms with E-state index in [1.165, 1.54) is 0 Å². The maximum atomic E-state index is 12.1. The zero-order valence-corrected chi connectivity index (χ0v) is 16.0. The second-order valence-corrected chi connectivity index (χ2v) is 7.04. The van der Waals surface area contributed by atoms with Gasteiger partial charge in [0.05, 0.1) is 6.61 Å². The summed E-state index contributed by atoms with van der Waals surface area (Å²) in [6.45, 7) is 10.3. The van der Waals surface area contributed by atoms with Crippen LogP contribution in [0.15, 0.2) is 24.3 Å². The number of amides is 1. The van der Waals surface area contributed by atoms with Crippen LogP contribution in [0.2, 0.25) is 0 Å². The highest BCUT2D eigenvalue weighted by molar-refractivity contribution is 5.71. The Bertz CT molecular complexity index is 601. The second-order valence-electron chi connectivity index (χ2n) is 7.04. The van der Waals surface area contributed by atoms with Gasteiger partial charge in [0, 0.05) is 31.9 Å². The van der Waals surface area contributed by atoms with Gasteiger partial charge in [-0.2, -0.15) is 0 Å². The summed E-state index contributed by atoms with van der Waals surface area (Å²) >= 11 is 0. The molecule has 1 aliphatic heterocycles. The second kappa shape index (κ2) is 8.78. The van der Waals surface area contributed by atoms with Crippen molar-refractivity contribution in [3.63, 3.8) is 0 Å². The van der Waals surface area contributed by atoms with Gasteiger partial charge in [-0.25, -0.2) is 9.59 Å². The molecule has 1 fully saturated rings. The highest BCUT2D eigenvalue weighted by Gasteiger charge is 2.25. The monoisotopic (exact) mass is 364 g/mol. The van der Waals surface area contributed by atoms with Gasteiger partial charge >= 0.3 is 12.1 Å². The number of benzene rings is 1. The Kier molecular flexibility index (Phi) is 6.71. The first kappa shape index (κ1) is 19.9. The van der Waals surface area contributed by atoms with E-state index in [4.69, 9.17) is 14.2 Å². The molecule has 1 aromatic rings. The Morgan fingerprint density at radius 3 is 2.19 bits per heavy atom. The molecule has 0 spiro atoms. The van der Waals surface area contributed by atoms with Crippen LogP contribution in [-0.2, 0) is 14.3 Å². The van der Waals surface area contributed by atoms with Crippen molar-refractivity contribution in [2.45, 2.75) is 33.3 Å². The molecule has 1 aliphatic rings. The van der Waals surface area contributed by atoms with E-state index in [1.54, 1.807) is 11.8 Å². The molecule has 0 aliphatic carbocycles. The van der Waals surface area contributed by atoms with Crippen molar-refractivity contribution in [2.24, 2.45) is 0 Å². The third kappa shape index (κ3) is 6.13. The lowest BCUT2D eigenvalue weighted by Gasteiger charge is -2.36. The summed E-state index contributed by atoms with van der Waals surface area (Å²) in [6.07, 6.45) is -0.264. The van der Waals surface area contributed by atoms with Crippen LogP contribution >= 0.6 is 0 Å². The van der Waals surface area contributed by atoms with Crippen molar-refractivity contribution in [3.05, 3.63) is 24.3 Å². The SMILES string of the molecule is CCOC(=O)COc1ccc(N2CCN(C(=O)OC(C)(C)C)CC2)cc1. The average molecular weight is 364 g/mol. The number of esters is 1. The lowest BCUT2D eigenvalue weighted by atomic mass is 10.2. The van der Waals surface area contributed by atoms with Crippen LogP contribution in [0.4, 0.5) is 10.5 Å². The van der Waals surface area contributed by atoms with Gasteiger partial charge in [-0.1, -0.05) is 0 Å². The summed E-state index contributed by atoms with van der Waals surface area (Å²) in [4.78, 5) is 27.4. The van der Waals surface area contributed by atoms with Crippen LogP contribution in [0.3, 0.4) is 0 Å². The van der Waals surface area contributed by atoms with E-state index in [2.05, 4.69) is 4.90 Å². The largest absolute Gasteiger partial charge is 0.482 e. The summed E-state index contributed by atoms with van der Waals surface area (Å²) in [5, 5.41) is 0. The Hall–Kier alpha value is -2.44. The molecule has 1 aromatic carbocycles. The van der Waals surface area contributed by atoms with E-state index in [9.17, 15) is 9.59 Å². The lowest BCUT2D eigenvalue weighted by molar-refractivity contribution is -0.145. The van der Waals surface area contributed by atoms with E-state index < -0.39 is 5.60 Å². The van der Waals surface area contributed by atoms with Gasteiger partial charge in [0.2, 0.25) is 0 Å². The van der Waals surface area contributed by atoms with Crippen LogP contribution < -0.4 is 9.64 Å². The number of hydrogen-bond acceptors (Lipinski definition) is 6. The number of anilines is 1. The van der Waals surface area contributed by atoms with Gasteiger partial charge in [-0.05, 0) is 52.0 Å². The molecule has 1 saturated heterocycles. The van der Waals surface area contributed by atoms with Gasteiger partial charge in [-0.15, -0.1) is 0 Å². The Morgan fingerprint density at radius 1 is 1.04 bits per heavy atom. The summed E-state index contributed by atoms with van der Waals surface area (Å²) in [5.74, 6) is 0.240. The molecule has 0 unspecified atom stereocenters. The number of ether oxygens (including phenoxy) is 3.